The van der Waals surface area contributed by atoms with Gasteiger partial charge in [-0.3, -0.25) is 4.48 Å². The lowest BCUT2D eigenvalue weighted by atomic mass is 10.0. The van der Waals surface area contributed by atoms with Crippen molar-refractivity contribution in [2.24, 2.45) is 4.99 Å². The normalized spacial score (nSPS) is 23.5. The Morgan fingerprint density at radius 3 is 2.17 bits per heavy atom. The van der Waals surface area contributed by atoms with Gasteiger partial charge in [0.25, 0.3) is 0 Å². The Balaban J connectivity index is 2.14. The molecule has 5 heteroatoms. The van der Waals surface area contributed by atoms with Crippen molar-refractivity contribution < 1.29 is 19.5 Å². The molecule has 1 heterocycles. The monoisotopic (exact) mass is 340 g/mol. The molecule has 0 saturated heterocycles. The van der Waals surface area contributed by atoms with Crippen molar-refractivity contribution in [2.45, 2.75) is 83.6 Å². The number of rotatable bonds is 14. The molecule has 24 heavy (non-hydrogen) atoms. The molecule has 2 unspecified atom stereocenters. The molecule has 2 atom stereocenters. The van der Waals surface area contributed by atoms with E-state index in [1.807, 2.05) is 7.05 Å². The lowest BCUT2D eigenvalue weighted by molar-refractivity contribution is -0.815. The Morgan fingerprint density at radius 2 is 1.67 bits per heavy atom. The highest BCUT2D eigenvalue weighted by Crippen LogP contribution is 2.21. The molecule has 1 aliphatic rings. The number of hydrogen-bond donors (Lipinski definition) is 1. The number of amidine groups is 1. The zero-order valence-electron chi connectivity index (χ0n) is 15.6. The van der Waals surface area contributed by atoms with Gasteiger partial charge in [0, 0.05) is 0 Å². The Kier molecular flexibility index (Phi) is 10.2. The summed E-state index contributed by atoms with van der Waals surface area (Å²) in [5.74, 6) is -1.10. The van der Waals surface area contributed by atoms with E-state index in [2.05, 4.69) is 11.9 Å². The van der Waals surface area contributed by atoms with E-state index in [-0.39, 0.29) is 23.0 Å². The molecule has 0 aliphatic carbocycles. The first-order valence-corrected chi connectivity index (χ1v) is 9.78. The molecular weight excluding hydrogens is 304 g/mol. The summed E-state index contributed by atoms with van der Waals surface area (Å²) in [5, 5.41) is 20.4. The van der Waals surface area contributed by atoms with Crippen LogP contribution in [0.2, 0.25) is 0 Å². The predicted octanol–water partition coefficient (Wildman–Crippen LogP) is 2.27. The third-order valence-corrected chi connectivity index (χ3v) is 5.10. The second-order valence-corrected chi connectivity index (χ2v) is 7.39. The molecule has 140 valence electrons. The topological polar surface area (TPSA) is 72.7 Å². The van der Waals surface area contributed by atoms with Crippen LogP contribution in [0.3, 0.4) is 0 Å². The number of carboxylic acid groups (broad SMARTS) is 1. The van der Waals surface area contributed by atoms with Crippen LogP contribution in [0.25, 0.3) is 0 Å². The molecule has 1 aliphatic heterocycles. The molecule has 0 aromatic heterocycles. The molecule has 1 N–H and O–H groups in total. The van der Waals surface area contributed by atoms with Crippen LogP contribution in [0.5, 0.6) is 0 Å². The number of carbonyl (C=O) groups excluding carboxylic acids is 1. The SMILES string of the molecule is CCCCCCCCCCCCC1C[N+](C)(CCO)C(C(=O)[O-])=N1. The van der Waals surface area contributed by atoms with Crippen molar-refractivity contribution in [3.63, 3.8) is 0 Å². The predicted molar refractivity (Wildman–Crippen MR) is 95.7 cm³/mol. The number of aliphatic imine (C=N–C) groups is 1. The minimum Gasteiger partial charge on any atom is -0.539 e. The van der Waals surface area contributed by atoms with Crippen molar-refractivity contribution in [2.75, 3.05) is 26.7 Å². The van der Waals surface area contributed by atoms with E-state index < -0.39 is 5.97 Å². The molecular formula is C19H36N2O3. The van der Waals surface area contributed by atoms with Gasteiger partial charge in [-0.05, 0) is 6.42 Å². The fourth-order valence-electron chi connectivity index (χ4n) is 3.62. The van der Waals surface area contributed by atoms with Gasteiger partial charge in [-0.25, -0.2) is 4.99 Å². The number of unbranched alkanes of at least 4 members (excludes halogenated alkanes) is 9. The number of aliphatic hydroxyl groups excluding tert-OH is 1. The van der Waals surface area contributed by atoms with Crippen molar-refractivity contribution in [1.82, 2.24) is 0 Å². The van der Waals surface area contributed by atoms with Gasteiger partial charge in [0.05, 0.1) is 13.7 Å². The average molecular weight is 341 g/mol. The fourth-order valence-corrected chi connectivity index (χ4v) is 3.62. The van der Waals surface area contributed by atoms with E-state index >= 15 is 0 Å². The van der Waals surface area contributed by atoms with Crippen LogP contribution in [0.1, 0.15) is 77.6 Å². The third-order valence-electron chi connectivity index (χ3n) is 5.10. The van der Waals surface area contributed by atoms with Gasteiger partial charge >= 0.3 is 0 Å². The van der Waals surface area contributed by atoms with Crippen LogP contribution in [-0.2, 0) is 4.79 Å². The van der Waals surface area contributed by atoms with Crippen LogP contribution >= 0.6 is 0 Å². The number of quaternary nitrogens is 1. The van der Waals surface area contributed by atoms with Gasteiger partial charge in [-0.2, -0.15) is 0 Å². The molecule has 0 amide bonds. The molecule has 0 aromatic carbocycles. The maximum absolute atomic E-state index is 11.2. The molecule has 5 nitrogen and oxygen atoms in total. The lowest BCUT2D eigenvalue weighted by Gasteiger charge is -2.30. The summed E-state index contributed by atoms with van der Waals surface area (Å²) in [5.41, 5.74) is 0. The van der Waals surface area contributed by atoms with Gasteiger partial charge in [-0.15, -0.1) is 0 Å². The largest absolute Gasteiger partial charge is 0.539 e. The molecule has 0 saturated carbocycles. The molecule has 1 rings (SSSR count). The van der Waals surface area contributed by atoms with Crippen molar-refractivity contribution in [3.05, 3.63) is 0 Å². The number of aliphatic carboxylic acids is 1. The van der Waals surface area contributed by atoms with E-state index in [0.717, 1.165) is 12.8 Å². The number of carboxylic acids is 1. The van der Waals surface area contributed by atoms with Crippen LogP contribution in [0.4, 0.5) is 0 Å². The van der Waals surface area contributed by atoms with E-state index in [4.69, 9.17) is 5.11 Å². The number of aliphatic hydroxyl groups is 1. The Morgan fingerprint density at radius 1 is 1.12 bits per heavy atom. The van der Waals surface area contributed by atoms with Crippen LogP contribution in [-0.4, -0.2) is 54.2 Å². The highest BCUT2D eigenvalue weighted by atomic mass is 16.4. The van der Waals surface area contributed by atoms with Crippen LogP contribution < -0.4 is 5.11 Å². The molecule has 0 radical (unpaired) electrons. The minimum atomic E-state index is -1.20. The molecule has 0 fully saturated rings. The first-order chi connectivity index (χ1) is 11.5. The van der Waals surface area contributed by atoms with E-state index in [9.17, 15) is 9.90 Å². The summed E-state index contributed by atoms with van der Waals surface area (Å²) >= 11 is 0. The van der Waals surface area contributed by atoms with Gasteiger partial charge < -0.3 is 15.0 Å². The fraction of sp³-hybridized carbons (Fsp3) is 0.895. The zero-order chi connectivity index (χ0) is 17.8. The highest BCUT2D eigenvalue weighted by Gasteiger charge is 2.39. The summed E-state index contributed by atoms with van der Waals surface area (Å²) in [4.78, 5) is 15.6. The minimum absolute atomic E-state index is 0.0340. The van der Waals surface area contributed by atoms with Crippen LogP contribution in [0, 0.1) is 0 Å². The second kappa shape index (κ2) is 11.6. The Labute approximate surface area is 147 Å². The summed E-state index contributed by atoms with van der Waals surface area (Å²) in [7, 11) is 1.82. The lowest BCUT2D eigenvalue weighted by Crippen LogP contribution is -2.55. The Hall–Kier alpha value is -0.940. The first kappa shape index (κ1) is 21.1. The van der Waals surface area contributed by atoms with E-state index in [0.29, 0.717) is 13.1 Å². The van der Waals surface area contributed by atoms with Gasteiger partial charge in [-0.1, -0.05) is 71.1 Å². The first-order valence-electron chi connectivity index (χ1n) is 9.78. The number of likely N-dealkylation sites (N-methyl/N-ethyl adjacent to an activating group) is 1. The average Bonchev–Trinajstić information content (AvgIpc) is 2.86. The van der Waals surface area contributed by atoms with Crippen LogP contribution in [0.15, 0.2) is 4.99 Å². The smallest absolute Gasteiger partial charge is 0.246 e. The quantitative estimate of drug-likeness (QED) is 0.389. The number of nitrogens with zero attached hydrogens (tertiary/aromatic N) is 2. The maximum Gasteiger partial charge on any atom is 0.246 e. The summed E-state index contributed by atoms with van der Waals surface area (Å²) in [6, 6.07) is 0.0588. The van der Waals surface area contributed by atoms with Crippen molar-refractivity contribution in [3.8, 4) is 0 Å². The summed E-state index contributed by atoms with van der Waals surface area (Å²) < 4.78 is 0.196. The van der Waals surface area contributed by atoms with Gasteiger partial charge in [0.15, 0.2) is 0 Å². The summed E-state index contributed by atoms with van der Waals surface area (Å²) in [6.07, 6.45) is 13.9. The van der Waals surface area contributed by atoms with Crippen molar-refractivity contribution in [1.29, 1.82) is 0 Å². The van der Waals surface area contributed by atoms with Crippen molar-refractivity contribution >= 4 is 11.8 Å². The second-order valence-electron chi connectivity index (χ2n) is 7.39. The Bertz CT molecular complexity index is 398. The highest BCUT2D eigenvalue weighted by molar-refractivity contribution is 6.30. The van der Waals surface area contributed by atoms with E-state index in [1.54, 1.807) is 0 Å². The standard InChI is InChI=1S/C19H36N2O3/c1-3-4-5-6-7-8-9-10-11-12-13-17-16-21(2,14-15-22)18(20-17)19(23)24/h17,22H,3-16H2,1-2H3. The van der Waals surface area contributed by atoms with Gasteiger partial charge in [0.2, 0.25) is 5.84 Å². The zero-order valence-corrected chi connectivity index (χ0v) is 15.6. The molecule has 0 spiro atoms. The third kappa shape index (κ3) is 7.31. The molecule has 0 aromatic rings. The van der Waals surface area contributed by atoms with Gasteiger partial charge in [0.1, 0.15) is 25.1 Å². The maximum atomic E-state index is 11.2. The number of hydrogen-bond acceptors (Lipinski definition) is 4. The number of carbonyl (C=O) groups is 1. The molecule has 0 bridgehead atoms. The van der Waals surface area contributed by atoms with E-state index in [1.165, 1.54) is 57.8 Å². The summed E-state index contributed by atoms with van der Waals surface area (Å²) in [6.45, 7) is 3.27.